The smallest absolute Gasteiger partial charge is 0.409 e. The molecule has 2 amide bonds. The van der Waals surface area contributed by atoms with E-state index in [-0.39, 0.29) is 23.7 Å². The van der Waals surface area contributed by atoms with Crippen molar-refractivity contribution in [3.05, 3.63) is 53.9 Å². The maximum absolute atomic E-state index is 12.6. The highest BCUT2D eigenvalue weighted by atomic mass is 16.6. The van der Waals surface area contributed by atoms with Crippen LogP contribution in [0.4, 0.5) is 16.2 Å². The molecular formula is C21H23N5O3. The molecule has 0 atom stereocenters. The molecule has 0 bridgehead atoms. The van der Waals surface area contributed by atoms with Crippen LogP contribution in [0.15, 0.2) is 42.6 Å². The summed E-state index contributed by atoms with van der Waals surface area (Å²) in [4.78, 5) is 30.2. The average molecular weight is 393 g/mol. The standard InChI is InChI=1S/C21H23N5O3/c1-2-29-21(28)26-11-8-16(9-12-26)25-20(27)19-13-17(7-10-23-19)24-18-6-4-3-5-15(18)14-22/h3-7,10,13,16H,2,8-9,11-12H2,1H3,(H,23,24)(H,25,27). The topological polar surface area (TPSA) is 107 Å². The van der Waals surface area contributed by atoms with Gasteiger partial charge < -0.3 is 20.3 Å². The number of carbonyl (C=O) groups is 2. The second-order valence-electron chi connectivity index (χ2n) is 6.65. The molecule has 2 aromatic rings. The lowest BCUT2D eigenvalue weighted by Crippen LogP contribution is -2.46. The minimum absolute atomic E-state index is 0.0223. The molecule has 150 valence electrons. The Morgan fingerprint density at radius 1 is 1.28 bits per heavy atom. The van der Waals surface area contributed by atoms with Gasteiger partial charge in [0.1, 0.15) is 11.8 Å². The van der Waals surface area contributed by atoms with Crippen LogP contribution in [0.2, 0.25) is 0 Å². The van der Waals surface area contributed by atoms with E-state index in [1.807, 2.05) is 6.07 Å². The second-order valence-corrected chi connectivity index (χ2v) is 6.65. The Labute approximate surface area is 169 Å². The van der Waals surface area contributed by atoms with Gasteiger partial charge in [-0.25, -0.2) is 4.79 Å². The predicted octanol–water partition coefficient (Wildman–Crippen LogP) is 3.05. The monoisotopic (exact) mass is 393 g/mol. The first-order valence-electron chi connectivity index (χ1n) is 9.55. The molecule has 1 aromatic heterocycles. The Hall–Kier alpha value is -3.60. The molecule has 29 heavy (non-hydrogen) atoms. The van der Waals surface area contributed by atoms with Crippen molar-refractivity contribution in [2.24, 2.45) is 0 Å². The molecule has 1 aromatic carbocycles. The van der Waals surface area contributed by atoms with Crippen molar-refractivity contribution in [2.75, 3.05) is 25.0 Å². The number of likely N-dealkylation sites (tertiary alicyclic amines) is 1. The molecule has 1 fully saturated rings. The Bertz CT molecular complexity index is 917. The average Bonchev–Trinajstić information content (AvgIpc) is 2.75. The van der Waals surface area contributed by atoms with Gasteiger partial charge >= 0.3 is 6.09 Å². The van der Waals surface area contributed by atoms with Gasteiger partial charge in [0.2, 0.25) is 0 Å². The molecule has 1 aliphatic rings. The van der Waals surface area contributed by atoms with E-state index in [0.29, 0.717) is 49.5 Å². The highest BCUT2D eigenvalue weighted by Crippen LogP contribution is 2.20. The number of piperidine rings is 1. The molecule has 0 unspecified atom stereocenters. The van der Waals surface area contributed by atoms with Crippen LogP contribution in [-0.4, -0.2) is 47.6 Å². The van der Waals surface area contributed by atoms with Crippen molar-refractivity contribution in [3.8, 4) is 6.07 Å². The number of benzene rings is 1. The zero-order valence-electron chi connectivity index (χ0n) is 16.2. The highest BCUT2D eigenvalue weighted by Gasteiger charge is 2.25. The fraction of sp³-hybridized carbons (Fsp3) is 0.333. The maximum Gasteiger partial charge on any atom is 0.409 e. The van der Waals surface area contributed by atoms with Gasteiger partial charge in [0.15, 0.2) is 0 Å². The Kier molecular flexibility index (Phi) is 6.63. The fourth-order valence-corrected chi connectivity index (χ4v) is 3.16. The van der Waals surface area contributed by atoms with Gasteiger partial charge in [-0.15, -0.1) is 0 Å². The third-order valence-corrected chi connectivity index (χ3v) is 4.68. The quantitative estimate of drug-likeness (QED) is 0.808. The number of nitriles is 1. The van der Waals surface area contributed by atoms with Crippen molar-refractivity contribution in [1.82, 2.24) is 15.2 Å². The lowest BCUT2D eigenvalue weighted by Gasteiger charge is -2.31. The summed E-state index contributed by atoms with van der Waals surface area (Å²) < 4.78 is 5.01. The molecule has 1 saturated heterocycles. The van der Waals surface area contributed by atoms with E-state index in [0.717, 1.165) is 0 Å². The normalized spacial score (nSPS) is 14.0. The van der Waals surface area contributed by atoms with Crippen LogP contribution in [0.1, 0.15) is 35.8 Å². The molecule has 2 N–H and O–H groups in total. The van der Waals surface area contributed by atoms with Gasteiger partial charge in [0, 0.05) is 31.0 Å². The molecule has 8 nitrogen and oxygen atoms in total. The van der Waals surface area contributed by atoms with E-state index in [1.165, 1.54) is 0 Å². The third kappa shape index (κ3) is 5.23. The fourth-order valence-electron chi connectivity index (χ4n) is 3.16. The number of anilines is 2. The number of hydrogen-bond acceptors (Lipinski definition) is 6. The summed E-state index contributed by atoms with van der Waals surface area (Å²) in [7, 11) is 0. The molecule has 0 radical (unpaired) electrons. The van der Waals surface area contributed by atoms with Crippen molar-refractivity contribution >= 4 is 23.4 Å². The summed E-state index contributed by atoms with van der Waals surface area (Å²) in [6, 6.07) is 12.7. The number of hydrogen-bond donors (Lipinski definition) is 2. The number of carbonyl (C=O) groups excluding carboxylic acids is 2. The van der Waals surface area contributed by atoms with Gasteiger partial charge in [0.25, 0.3) is 5.91 Å². The minimum atomic E-state index is -0.310. The number of rotatable bonds is 5. The van der Waals surface area contributed by atoms with Gasteiger partial charge in [-0.05, 0) is 44.0 Å². The van der Waals surface area contributed by atoms with Crippen LogP contribution in [0.3, 0.4) is 0 Å². The number of amides is 2. The van der Waals surface area contributed by atoms with Crippen molar-refractivity contribution in [3.63, 3.8) is 0 Å². The van der Waals surface area contributed by atoms with Crippen molar-refractivity contribution in [2.45, 2.75) is 25.8 Å². The summed E-state index contributed by atoms with van der Waals surface area (Å²) >= 11 is 0. The molecule has 1 aliphatic heterocycles. The summed E-state index contributed by atoms with van der Waals surface area (Å²) in [6.45, 7) is 3.22. The highest BCUT2D eigenvalue weighted by molar-refractivity contribution is 5.93. The Balaban J connectivity index is 1.59. The number of para-hydroxylation sites is 1. The lowest BCUT2D eigenvalue weighted by molar-refractivity contribution is 0.0856. The predicted molar refractivity (Wildman–Crippen MR) is 108 cm³/mol. The number of pyridine rings is 1. The zero-order chi connectivity index (χ0) is 20.6. The minimum Gasteiger partial charge on any atom is -0.450 e. The van der Waals surface area contributed by atoms with Crippen LogP contribution in [0.25, 0.3) is 0 Å². The van der Waals surface area contributed by atoms with Crippen LogP contribution in [-0.2, 0) is 4.74 Å². The first-order valence-corrected chi connectivity index (χ1v) is 9.55. The van der Waals surface area contributed by atoms with Gasteiger partial charge in [0.05, 0.1) is 17.9 Å². The van der Waals surface area contributed by atoms with Gasteiger partial charge in [-0.2, -0.15) is 5.26 Å². The number of nitrogens with zero attached hydrogens (tertiary/aromatic N) is 3. The van der Waals surface area contributed by atoms with Crippen LogP contribution in [0, 0.1) is 11.3 Å². The first kappa shape index (κ1) is 20.1. The van der Waals surface area contributed by atoms with E-state index >= 15 is 0 Å². The Morgan fingerprint density at radius 3 is 2.76 bits per heavy atom. The molecule has 3 rings (SSSR count). The van der Waals surface area contributed by atoms with Gasteiger partial charge in [-0.1, -0.05) is 12.1 Å². The molecule has 0 saturated carbocycles. The van der Waals surface area contributed by atoms with E-state index in [9.17, 15) is 14.9 Å². The van der Waals surface area contributed by atoms with Crippen molar-refractivity contribution < 1.29 is 14.3 Å². The van der Waals surface area contributed by atoms with E-state index in [4.69, 9.17) is 4.74 Å². The summed E-state index contributed by atoms with van der Waals surface area (Å²) in [5, 5.41) is 15.3. The van der Waals surface area contributed by atoms with E-state index < -0.39 is 0 Å². The largest absolute Gasteiger partial charge is 0.450 e. The molecule has 0 spiro atoms. The third-order valence-electron chi connectivity index (χ3n) is 4.68. The molecule has 2 heterocycles. The Morgan fingerprint density at radius 2 is 2.03 bits per heavy atom. The maximum atomic E-state index is 12.6. The van der Waals surface area contributed by atoms with Gasteiger partial charge in [-0.3, -0.25) is 9.78 Å². The number of aromatic nitrogens is 1. The number of ether oxygens (including phenoxy) is 1. The summed E-state index contributed by atoms with van der Waals surface area (Å²) in [5.41, 5.74) is 2.14. The zero-order valence-corrected chi connectivity index (χ0v) is 16.2. The van der Waals surface area contributed by atoms with E-state index in [1.54, 1.807) is 48.4 Å². The second kappa shape index (κ2) is 9.55. The summed E-state index contributed by atoms with van der Waals surface area (Å²) in [5.74, 6) is -0.267. The molecule has 8 heteroatoms. The summed E-state index contributed by atoms with van der Waals surface area (Å²) in [6.07, 6.45) is 2.57. The van der Waals surface area contributed by atoms with E-state index in [2.05, 4.69) is 21.7 Å². The van der Waals surface area contributed by atoms with Crippen LogP contribution < -0.4 is 10.6 Å². The first-order chi connectivity index (χ1) is 14.1. The number of nitrogens with one attached hydrogen (secondary N) is 2. The SMILES string of the molecule is CCOC(=O)N1CCC(NC(=O)c2cc(Nc3ccccc3C#N)ccn2)CC1. The van der Waals surface area contributed by atoms with Crippen molar-refractivity contribution in [1.29, 1.82) is 5.26 Å². The van der Waals surface area contributed by atoms with Crippen LogP contribution in [0.5, 0.6) is 0 Å². The lowest BCUT2D eigenvalue weighted by atomic mass is 10.1. The van der Waals surface area contributed by atoms with Crippen LogP contribution >= 0.6 is 0 Å². The molecular weight excluding hydrogens is 370 g/mol. The molecule has 0 aliphatic carbocycles.